The van der Waals surface area contributed by atoms with Crippen molar-refractivity contribution in [1.82, 2.24) is 0 Å². The third kappa shape index (κ3) is 3.72. The molecule has 0 spiro atoms. The van der Waals surface area contributed by atoms with Gasteiger partial charge in [0.15, 0.2) is 13.1 Å². The van der Waals surface area contributed by atoms with E-state index in [2.05, 4.69) is 28.8 Å². The van der Waals surface area contributed by atoms with Gasteiger partial charge in [-0.3, -0.25) is 0 Å². The van der Waals surface area contributed by atoms with Gasteiger partial charge in [0, 0.05) is 11.1 Å². The highest BCUT2D eigenvalue weighted by atomic mass is 35.5. The lowest BCUT2D eigenvalue weighted by Crippen LogP contribution is -2.11. The molecule has 17 heavy (non-hydrogen) atoms. The molecule has 2 heteroatoms. The number of hydrogen-bond donors (Lipinski definition) is 0. The molecule has 0 saturated carbocycles. The molecule has 0 unspecified atom stereocenters. The Balaban J connectivity index is 2.04. The molecule has 0 saturated heterocycles. The first kappa shape index (κ1) is 11.9. The van der Waals surface area contributed by atoms with E-state index in [1.807, 2.05) is 36.4 Å². The van der Waals surface area contributed by atoms with Crippen molar-refractivity contribution in [3.63, 3.8) is 0 Å². The van der Waals surface area contributed by atoms with E-state index in [1.165, 1.54) is 11.1 Å². The lowest BCUT2D eigenvalue weighted by atomic mass is 10.2. The minimum atomic E-state index is 0.833. The molecule has 0 fully saturated rings. The average Bonchev–Trinajstić information content (AvgIpc) is 2.40. The summed E-state index contributed by atoms with van der Waals surface area (Å²) in [5.41, 5.74) is 4.15. The second kappa shape index (κ2) is 6.21. The number of rotatable bonds is 4. The monoisotopic (exact) mass is 244 g/mol. The summed E-state index contributed by atoms with van der Waals surface area (Å²) in [6.45, 7) is 1.67. The van der Waals surface area contributed by atoms with Gasteiger partial charge >= 0.3 is 0 Å². The summed E-state index contributed by atoms with van der Waals surface area (Å²) in [5, 5.41) is 0. The number of hydrogen-bond acceptors (Lipinski definition) is 0. The normalized spacial score (nSPS) is 9.94. The maximum Gasteiger partial charge on any atom is 0.233 e. The fraction of sp³-hybridized carbons (Fsp3) is 0.133. The van der Waals surface area contributed by atoms with E-state index < -0.39 is 0 Å². The van der Waals surface area contributed by atoms with Gasteiger partial charge < -0.3 is 0 Å². The molecule has 0 aliphatic carbocycles. The second-order valence-corrected chi connectivity index (χ2v) is 4.17. The quantitative estimate of drug-likeness (QED) is 0.570. The van der Waals surface area contributed by atoms with Crippen LogP contribution in [0.4, 0.5) is 0 Å². The molecule has 0 bridgehead atoms. The topological polar surface area (TPSA) is 3.01 Å². The van der Waals surface area contributed by atoms with Gasteiger partial charge in [-0.05, 0) is 11.6 Å². The van der Waals surface area contributed by atoms with E-state index in [0.717, 1.165) is 13.1 Å². The van der Waals surface area contributed by atoms with E-state index in [9.17, 15) is 0 Å². The van der Waals surface area contributed by atoms with Crippen LogP contribution in [0.3, 0.4) is 0 Å². The zero-order valence-electron chi connectivity index (χ0n) is 9.59. The number of halogens is 1. The maximum atomic E-state index is 5.87. The van der Waals surface area contributed by atoms with Crippen molar-refractivity contribution in [1.29, 1.82) is 0 Å². The van der Waals surface area contributed by atoms with E-state index in [4.69, 9.17) is 11.6 Å². The van der Waals surface area contributed by atoms with Crippen LogP contribution >= 0.6 is 11.6 Å². The van der Waals surface area contributed by atoms with Crippen LogP contribution < -0.4 is 0 Å². The van der Waals surface area contributed by atoms with Gasteiger partial charge in [-0.1, -0.05) is 60.7 Å². The van der Waals surface area contributed by atoms with Crippen molar-refractivity contribution in [2.75, 3.05) is 0 Å². The van der Waals surface area contributed by atoms with Gasteiger partial charge in [-0.25, -0.2) is 4.58 Å². The van der Waals surface area contributed by atoms with Crippen molar-refractivity contribution in [2.45, 2.75) is 13.1 Å². The van der Waals surface area contributed by atoms with E-state index >= 15 is 0 Å². The highest BCUT2D eigenvalue weighted by Gasteiger charge is 2.06. The minimum Gasteiger partial charge on any atom is -0.217 e. The molecule has 0 aromatic heterocycles. The van der Waals surface area contributed by atoms with Crippen molar-refractivity contribution in [3.05, 3.63) is 71.8 Å². The Kier molecular flexibility index (Phi) is 4.34. The zero-order valence-corrected chi connectivity index (χ0v) is 10.3. The van der Waals surface area contributed by atoms with Crippen molar-refractivity contribution < 1.29 is 4.58 Å². The molecule has 0 N–H and O–H groups in total. The highest BCUT2D eigenvalue weighted by molar-refractivity contribution is 6.54. The lowest BCUT2D eigenvalue weighted by Gasteiger charge is -2.03. The standard InChI is InChI=1S/C15H15ClN/c16-13-17(11-14-7-3-1-4-8-14)12-15-9-5-2-6-10-15/h1-10,13H,11-12H2/q+1. The molecule has 2 rings (SSSR count). The molecule has 0 atom stereocenters. The molecule has 0 heterocycles. The second-order valence-electron chi connectivity index (χ2n) is 3.97. The molecule has 2 aromatic rings. The molecule has 0 aliphatic heterocycles. The Hall–Kier alpha value is -1.60. The third-order valence-electron chi connectivity index (χ3n) is 2.59. The fourth-order valence-corrected chi connectivity index (χ4v) is 1.90. The van der Waals surface area contributed by atoms with Gasteiger partial charge in [0.1, 0.15) is 0 Å². The average molecular weight is 245 g/mol. The van der Waals surface area contributed by atoms with Crippen LogP contribution in [0.5, 0.6) is 0 Å². The minimum absolute atomic E-state index is 0.833. The SMILES string of the molecule is ClC=[N+](Cc1ccccc1)Cc1ccccc1. The fourth-order valence-electron chi connectivity index (χ4n) is 1.76. The van der Waals surface area contributed by atoms with Crippen LogP contribution in [0.1, 0.15) is 11.1 Å². The van der Waals surface area contributed by atoms with Crippen LogP contribution in [-0.4, -0.2) is 10.2 Å². The first-order valence-corrected chi connectivity index (χ1v) is 6.07. The Bertz CT molecular complexity index is 433. The predicted molar refractivity (Wildman–Crippen MR) is 72.5 cm³/mol. The maximum absolute atomic E-state index is 5.87. The third-order valence-corrected chi connectivity index (χ3v) is 2.87. The predicted octanol–water partition coefficient (Wildman–Crippen LogP) is 3.67. The van der Waals surface area contributed by atoms with Crippen LogP contribution in [0.15, 0.2) is 60.7 Å². The summed E-state index contributed by atoms with van der Waals surface area (Å²) in [7, 11) is 0. The van der Waals surface area contributed by atoms with E-state index in [1.54, 1.807) is 5.67 Å². The molecule has 86 valence electrons. The largest absolute Gasteiger partial charge is 0.233 e. The highest BCUT2D eigenvalue weighted by Crippen LogP contribution is 2.05. The molecular weight excluding hydrogens is 230 g/mol. The Labute approximate surface area is 107 Å². The van der Waals surface area contributed by atoms with Crippen molar-refractivity contribution in [3.8, 4) is 0 Å². The molecular formula is C15H15ClN+. The Morgan fingerprint density at radius 2 is 1.18 bits per heavy atom. The smallest absolute Gasteiger partial charge is 0.217 e. The van der Waals surface area contributed by atoms with Crippen LogP contribution in [0.25, 0.3) is 0 Å². The summed E-state index contributed by atoms with van der Waals surface area (Å²) >= 11 is 5.87. The molecule has 2 aromatic carbocycles. The summed E-state index contributed by atoms with van der Waals surface area (Å²) < 4.78 is 2.09. The van der Waals surface area contributed by atoms with Gasteiger partial charge in [-0.2, -0.15) is 0 Å². The van der Waals surface area contributed by atoms with Gasteiger partial charge in [-0.15, -0.1) is 0 Å². The Morgan fingerprint density at radius 1 is 0.765 bits per heavy atom. The lowest BCUT2D eigenvalue weighted by molar-refractivity contribution is -0.553. The first-order chi connectivity index (χ1) is 8.38. The molecule has 0 radical (unpaired) electrons. The zero-order chi connectivity index (χ0) is 11.9. The summed E-state index contributed by atoms with van der Waals surface area (Å²) in [6, 6.07) is 20.7. The van der Waals surface area contributed by atoms with Gasteiger partial charge in [0.2, 0.25) is 5.67 Å². The number of benzene rings is 2. The molecule has 1 nitrogen and oxygen atoms in total. The van der Waals surface area contributed by atoms with Crippen LogP contribution in [0, 0.1) is 0 Å². The summed E-state index contributed by atoms with van der Waals surface area (Å²) in [6.07, 6.45) is 0. The van der Waals surface area contributed by atoms with Gasteiger partial charge in [0.25, 0.3) is 0 Å². The summed E-state index contributed by atoms with van der Waals surface area (Å²) in [4.78, 5) is 0. The van der Waals surface area contributed by atoms with Crippen molar-refractivity contribution >= 4 is 17.3 Å². The molecule has 0 amide bonds. The summed E-state index contributed by atoms with van der Waals surface area (Å²) in [5.74, 6) is 0. The molecule has 0 aliphatic rings. The van der Waals surface area contributed by atoms with Crippen LogP contribution in [0.2, 0.25) is 0 Å². The van der Waals surface area contributed by atoms with Gasteiger partial charge in [0.05, 0.1) is 0 Å². The van der Waals surface area contributed by atoms with Crippen molar-refractivity contribution in [2.24, 2.45) is 0 Å². The van der Waals surface area contributed by atoms with E-state index in [0.29, 0.717) is 0 Å². The first-order valence-electron chi connectivity index (χ1n) is 5.64. The Morgan fingerprint density at radius 3 is 1.53 bits per heavy atom. The van der Waals surface area contributed by atoms with Crippen LogP contribution in [-0.2, 0) is 13.1 Å². The number of nitrogens with zero attached hydrogens (tertiary/aromatic N) is 1. The van der Waals surface area contributed by atoms with E-state index in [-0.39, 0.29) is 0 Å².